The van der Waals surface area contributed by atoms with E-state index in [0.717, 1.165) is 10.8 Å². The fourth-order valence-corrected chi connectivity index (χ4v) is 2.66. The van der Waals surface area contributed by atoms with Crippen molar-refractivity contribution in [2.45, 2.75) is 0 Å². The number of ether oxygens (including phenoxy) is 1. The molecule has 0 spiro atoms. The molecule has 0 unspecified atom stereocenters. The molecule has 25 heavy (non-hydrogen) atoms. The first kappa shape index (κ1) is 16.4. The molecule has 0 saturated carbocycles. The molecule has 0 radical (unpaired) electrons. The number of hydrogen-bond acceptors (Lipinski definition) is 2. The summed E-state index contributed by atoms with van der Waals surface area (Å²) in [6, 6.07) is 15.2. The zero-order valence-corrected chi connectivity index (χ0v) is 13.5. The van der Waals surface area contributed by atoms with Crippen LogP contribution in [0.4, 0.5) is 4.39 Å². The summed E-state index contributed by atoms with van der Waals surface area (Å²) in [5.41, 5.74) is 11.9. The number of halogens is 1. The maximum Gasteiger partial charge on any atom is 0.280 e. The van der Waals surface area contributed by atoms with Crippen LogP contribution < -0.4 is 16.2 Å². The molecule has 126 valence electrons. The lowest BCUT2D eigenvalue weighted by Crippen LogP contribution is -2.24. The molecule has 0 fully saturated rings. The van der Waals surface area contributed by atoms with Gasteiger partial charge in [0.15, 0.2) is 5.96 Å². The van der Waals surface area contributed by atoms with E-state index < -0.39 is 11.7 Å². The maximum absolute atomic E-state index is 14.5. The molecule has 0 bridgehead atoms. The number of amides is 1. The Bertz CT molecular complexity index is 995. The Morgan fingerprint density at radius 2 is 1.84 bits per heavy atom. The fourth-order valence-electron chi connectivity index (χ4n) is 2.66. The zero-order valence-electron chi connectivity index (χ0n) is 13.5. The van der Waals surface area contributed by atoms with Gasteiger partial charge in [-0.25, -0.2) is 4.39 Å². The van der Waals surface area contributed by atoms with Gasteiger partial charge in [0, 0.05) is 17.2 Å². The molecule has 0 aromatic heterocycles. The van der Waals surface area contributed by atoms with Crippen molar-refractivity contribution in [1.82, 2.24) is 0 Å². The molecule has 3 rings (SSSR count). The van der Waals surface area contributed by atoms with Gasteiger partial charge in [-0.2, -0.15) is 4.99 Å². The van der Waals surface area contributed by atoms with E-state index in [4.69, 9.17) is 16.2 Å². The van der Waals surface area contributed by atoms with Gasteiger partial charge >= 0.3 is 0 Å². The number of hydrogen-bond donors (Lipinski definition) is 2. The summed E-state index contributed by atoms with van der Waals surface area (Å²) in [6.45, 7) is 0. The lowest BCUT2D eigenvalue weighted by Gasteiger charge is -2.10. The summed E-state index contributed by atoms with van der Waals surface area (Å²) in [5, 5.41) is 1.59. The number of aliphatic imine (C=N–C) groups is 1. The van der Waals surface area contributed by atoms with Gasteiger partial charge in [0.1, 0.15) is 11.6 Å². The minimum absolute atomic E-state index is 0.306. The second-order valence-corrected chi connectivity index (χ2v) is 5.43. The SMILES string of the molecule is COc1ccc(-c2cccc3ccc(C(=O)N=C(N)N)cc23)c(F)c1. The average Bonchev–Trinajstić information content (AvgIpc) is 2.60. The van der Waals surface area contributed by atoms with Crippen LogP contribution >= 0.6 is 0 Å². The van der Waals surface area contributed by atoms with Crippen molar-refractivity contribution in [3.05, 3.63) is 66.0 Å². The number of guanidine groups is 1. The Morgan fingerprint density at radius 1 is 1.04 bits per heavy atom. The number of benzene rings is 3. The highest BCUT2D eigenvalue weighted by Crippen LogP contribution is 2.32. The highest BCUT2D eigenvalue weighted by atomic mass is 19.1. The van der Waals surface area contributed by atoms with Crippen LogP contribution in [0.15, 0.2) is 59.6 Å². The summed E-state index contributed by atoms with van der Waals surface area (Å²) < 4.78 is 19.5. The van der Waals surface area contributed by atoms with Gasteiger partial charge in [-0.05, 0) is 40.6 Å². The molecular formula is C19H16FN3O2. The number of carbonyl (C=O) groups is 1. The van der Waals surface area contributed by atoms with Crippen LogP contribution in [-0.2, 0) is 0 Å². The quantitative estimate of drug-likeness (QED) is 0.568. The lowest BCUT2D eigenvalue weighted by molar-refractivity contribution is 0.100. The Kier molecular flexibility index (Phi) is 4.35. The third-order valence-corrected chi connectivity index (χ3v) is 3.83. The molecule has 1 amide bonds. The van der Waals surface area contributed by atoms with E-state index in [9.17, 15) is 9.18 Å². The standard InChI is InChI=1S/C19H16FN3O2/c1-25-13-7-8-15(17(20)10-13)14-4-2-3-11-5-6-12(9-16(11)14)18(24)23-19(21)22/h2-10H,1H3,(H4,21,22,23,24). The van der Waals surface area contributed by atoms with Crippen molar-refractivity contribution in [1.29, 1.82) is 0 Å². The predicted octanol–water partition coefficient (Wildman–Crippen LogP) is 3.07. The third kappa shape index (κ3) is 3.28. The van der Waals surface area contributed by atoms with Gasteiger partial charge in [0.25, 0.3) is 5.91 Å². The second kappa shape index (κ2) is 6.60. The maximum atomic E-state index is 14.5. The first-order chi connectivity index (χ1) is 12.0. The normalized spacial score (nSPS) is 10.5. The molecule has 0 aliphatic heterocycles. The van der Waals surface area contributed by atoms with Gasteiger partial charge in [-0.15, -0.1) is 0 Å². The molecule has 0 aliphatic carbocycles. The van der Waals surface area contributed by atoms with Crippen LogP contribution in [0.3, 0.4) is 0 Å². The Balaban J connectivity index is 2.19. The summed E-state index contributed by atoms with van der Waals surface area (Å²) in [5.74, 6) is -0.829. The number of nitrogens with zero attached hydrogens (tertiary/aromatic N) is 1. The first-order valence-electron chi connectivity index (χ1n) is 7.50. The smallest absolute Gasteiger partial charge is 0.280 e. The van der Waals surface area contributed by atoms with Gasteiger partial charge in [0.2, 0.25) is 0 Å². The number of rotatable bonds is 3. The predicted molar refractivity (Wildman–Crippen MR) is 96.0 cm³/mol. The van der Waals surface area contributed by atoms with E-state index in [0.29, 0.717) is 22.4 Å². The summed E-state index contributed by atoms with van der Waals surface area (Å²) in [4.78, 5) is 15.6. The van der Waals surface area contributed by atoms with Crippen molar-refractivity contribution in [2.75, 3.05) is 7.11 Å². The topological polar surface area (TPSA) is 90.7 Å². The highest BCUT2D eigenvalue weighted by molar-refractivity contribution is 6.06. The van der Waals surface area contributed by atoms with Crippen molar-refractivity contribution >= 4 is 22.6 Å². The average molecular weight is 337 g/mol. The summed E-state index contributed by atoms with van der Waals surface area (Å²) in [6.07, 6.45) is 0. The van der Waals surface area contributed by atoms with E-state index in [1.807, 2.05) is 12.1 Å². The molecule has 3 aromatic carbocycles. The number of carbonyl (C=O) groups excluding carboxylic acids is 1. The minimum Gasteiger partial charge on any atom is -0.497 e. The number of nitrogens with two attached hydrogens (primary N) is 2. The van der Waals surface area contributed by atoms with Crippen LogP contribution in [0.2, 0.25) is 0 Å². The van der Waals surface area contributed by atoms with E-state index in [1.54, 1.807) is 36.4 Å². The Hall–Kier alpha value is -3.41. The second-order valence-electron chi connectivity index (χ2n) is 5.43. The number of methoxy groups -OCH3 is 1. The summed E-state index contributed by atoms with van der Waals surface area (Å²) >= 11 is 0. The molecule has 0 aliphatic rings. The lowest BCUT2D eigenvalue weighted by atomic mass is 9.96. The molecule has 0 saturated heterocycles. The van der Waals surface area contributed by atoms with Crippen molar-refractivity contribution in [3.63, 3.8) is 0 Å². The van der Waals surface area contributed by atoms with Gasteiger partial charge in [-0.3, -0.25) is 4.79 Å². The number of fused-ring (bicyclic) bond motifs is 1. The molecule has 5 nitrogen and oxygen atoms in total. The largest absolute Gasteiger partial charge is 0.497 e. The molecular weight excluding hydrogens is 321 g/mol. The van der Waals surface area contributed by atoms with Crippen molar-refractivity contribution in [3.8, 4) is 16.9 Å². The van der Waals surface area contributed by atoms with Gasteiger partial charge < -0.3 is 16.2 Å². The molecule has 4 N–H and O–H groups in total. The van der Waals surface area contributed by atoms with Crippen LogP contribution in [0.5, 0.6) is 5.75 Å². The van der Waals surface area contributed by atoms with Gasteiger partial charge in [-0.1, -0.05) is 24.3 Å². The minimum atomic E-state index is -0.549. The van der Waals surface area contributed by atoms with E-state index in [-0.39, 0.29) is 5.96 Å². The Labute approximate surface area is 143 Å². The van der Waals surface area contributed by atoms with Crippen LogP contribution in [0, 0.1) is 5.82 Å². The van der Waals surface area contributed by atoms with Crippen LogP contribution in [0.25, 0.3) is 21.9 Å². The molecule has 0 atom stereocenters. The van der Waals surface area contributed by atoms with Crippen molar-refractivity contribution < 1.29 is 13.9 Å². The molecule has 6 heteroatoms. The Morgan fingerprint density at radius 3 is 2.52 bits per heavy atom. The van der Waals surface area contributed by atoms with E-state index in [2.05, 4.69) is 4.99 Å². The van der Waals surface area contributed by atoms with E-state index in [1.165, 1.54) is 13.2 Å². The van der Waals surface area contributed by atoms with Gasteiger partial charge in [0.05, 0.1) is 7.11 Å². The fraction of sp³-hybridized carbons (Fsp3) is 0.0526. The zero-order chi connectivity index (χ0) is 18.0. The molecule has 0 heterocycles. The first-order valence-corrected chi connectivity index (χ1v) is 7.50. The van der Waals surface area contributed by atoms with Crippen LogP contribution in [0.1, 0.15) is 10.4 Å². The van der Waals surface area contributed by atoms with E-state index >= 15 is 0 Å². The summed E-state index contributed by atoms with van der Waals surface area (Å²) in [7, 11) is 1.48. The third-order valence-electron chi connectivity index (χ3n) is 3.83. The van der Waals surface area contributed by atoms with Crippen LogP contribution in [-0.4, -0.2) is 19.0 Å². The highest BCUT2D eigenvalue weighted by Gasteiger charge is 2.12. The van der Waals surface area contributed by atoms with Crippen molar-refractivity contribution in [2.24, 2.45) is 16.5 Å². The monoisotopic (exact) mass is 337 g/mol. The molecule has 3 aromatic rings.